The Morgan fingerprint density at radius 1 is 1.11 bits per heavy atom. The number of hydrogen-bond acceptors (Lipinski definition) is 8. The van der Waals surface area contributed by atoms with Gasteiger partial charge in [0.2, 0.25) is 5.78 Å². The lowest BCUT2D eigenvalue weighted by Gasteiger charge is -2.09. The third kappa shape index (κ3) is 4.59. The molecular weight excluding hydrogens is 370 g/mol. The molecule has 3 aromatic rings. The van der Waals surface area contributed by atoms with Crippen LogP contribution in [0.25, 0.3) is 11.1 Å². The first-order chi connectivity index (χ1) is 13.1. The largest absolute Gasteiger partial charge is 0.497 e. The zero-order chi connectivity index (χ0) is 19.2. The molecule has 0 fully saturated rings. The van der Waals surface area contributed by atoms with Crippen LogP contribution in [0.5, 0.6) is 11.5 Å². The highest BCUT2D eigenvalue weighted by molar-refractivity contribution is 7.99. The lowest BCUT2D eigenvalue weighted by atomic mass is 10.1. The molecule has 0 aliphatic rings. The highest BCUT2D eigenvalue weighted by atomic mass is 32.2. The molecule has 1 heterocycles. The van der Waals surface area contributed by atoms with Crippen molar-refractivity contribution in [2.75, 3.05) is 26.6 Å². The summed E-state index contributed by atoms with van der Waals surface area (Å²) in [5, 5.41) is 0.372. The van der Waals surface area contributed by atoms with Gasteiger partial charge in [0.15, 0.2) is 12.2 Å². The van der Waals surface area contributed by atoms with E-state index >= 15 is 0 Å². The Morgan fingerprint density at radius 3 is 2.67 bits per heavy atom. The van der Waals surface area contributed by atoms with Crippen molar-refractivity contribution in [3.05, 3.63) is 48.0 Å². The highest BCUT2D eigenvalue weighted by Gasteiger charge is 2.16. The summed E-state index contributed by atoms with van der Waals surface area (Å²) >= 11 is 1.11. The first-order valence-corrected chi connectivity index (χ1v) is 8.98. The van der Waals surface area contributed by atoms with Crippen LogP contribution in [0.4, 0.5) is 0 Å². The Balaban J connectivity index is 1.53. The molecule has 8 heteroatoms. The molecule has 7 nitrogen and oxygen atoms in total. The Kier molecular flexibility index (Phi) is 5.97. The zero-order valence-corrected chi connectivity index (χ0v) is 15.6. The fourth-order valence-corrected chi connectivity index (χ4v) is 2.96. The molecule has 0 amide bonds. The average molecular weight is 387 g/mol. The summed E-state index contributed by atoms with van der Waals surface area (Å²) < 4.78 is 20.8. The number of ether oxygens (including phenoxy) is 3. The van der Waals surface area contributed by atoms with Crippen molar-refractivity contribution in [2.24, 2.45) is 0 Å². The summed E-state index contributed by atoms with van der Waals surface area (Å²) in [5.41, 5.74) is 1.68. The molecule has 0 aliphatic carbocycles. The molecule has 0 saturated heterocycles. The smallest absolute Gasteiger partial charge is 0.316 e. The van der Waals surface area contributed by atoms with Crippen molar-refractivity contribution in [3.8, 4) is 11.5 Å². The number of oxazole rings is 1. The van der Waals surface area contributed by atoms with Crippen LogP contribution in [0, 0.1) is 0 Å². The predicted molar refractivity (Wildman–Crippen MR) is 99.6 cm³/mol. The van der Waals surface area contributed by atoms with E-state index in [2.05, 4.69) is 4.98 Å². The van der Waals surface area contributed by atoms with Gasteiger partial charge in [-0.1, -0.05) is 23.9 Å². The standard InChI is InChI=1S/C19H17NO6S/c1-23-12-7-8-13(17(9-12)24-2)15(21)10-25-18(22)11-27-19-20-14-5-3-4-6-16(14)26-19/h3-9H,10-11H2,1-2H3. The number of rotatable bonds is 8. The van der Waals surface area contributed by atoms with Crippen molar-refractivity contribution in [3.63, 3.8) is 0 Å². The maximum Gasteiger partial charge on any atom is 0.316 e. The van der Waals surface area contributed by atoms with Gasteiger partial charge in [-0.05, 0) is 24.3 Å². The van der Waals surface area contributed by atoms with Crippen LogP contribution >= 0.6 is 11.8 Å². The highest BCUT2D eigenvalue weighted by Crippen LogP contribution is 2.25. The van der Waals surface area contributed by atoms with E-state index in [4.69, 9.17) is 18.6 Å². The van der Waals surface area contributed by atoms with E-state index in [1.54, 1.807) is 24.3 Å². The number of Topliss-reactive ketones (excluding diaryl/α,β-unsaturated/α-hetero) is 1. The van der Waals surface area contributed by atoms with Gasteiger partial charge in [0, 0.05) is 6.07 Å². The maximum absolute atomic E-state index is 12.3. The number of ketones is 1. The summed E-state index contributed by atoms with van der Waals surface area (Å²) in [6.45, 7) is -0.379. The molecule has 27 heavy (non-hydrogen) atoms. The SMILES string of the molecule is COc1ccc(C(=O)COC(=O)CSc2nc3ccccc3o2)c(OC)c1. The topological polar surface area (TPSA) is 87.9 Å². The quantitative estimate of drug-likeness (QED) is 0.330. The number of para-hydroxylation sites is 2. The molecule has 1 aromatic heterocycles. The van der Waals surface area contributed by atoms with Crippen LogP contribution in [-0.4, -0.2) is 43.3 Å². The zero-order valence-electron chi connectivity index (χ0n) is 14.8. The monoisotopic (exact) mass is 387 g/mol. The summed E-state index contributed by atoms with van der Waals surface area (Å²) in [7, 11) is 2.97. The minimum atomic E-state index is -0.539. The van der Waals surface area contributed by atoms with Gasteiger partial charge in [-0.3, -0.25) is 9.59 Å². The normalized spacial score (nSPS) is 10.6. The van der Waals surface area contributed by atoms with E-state index in [9.17, 15) is 9.59 Å². The second-order valence-electron chi connectivity index (χ2n) is 5.39. The van der Waals surface area contributed by atoms with Gasteiger partial charge in [-0.15, -0.1) is 0 Å². The van der Waals surface area contributed by atoms with E-state index in [0.29, 0.717) is 27.9 Å². The van der Waals surface area contributed by atoms with Crippen molar-refractivity contribution in [2.45, 2.75) is 5.22 Å². The van der Waals surface area contributed by atoms with Gasteiger partial charge in [0.05, 0.1) is 19.8 Å². The maximum atomic E-state index is 12.3. The molecule has 0 unspecified atom stereocenters. The Morgan fingerprint density at radius 2 is 1.93 bits per heavy atom. The van der Waals surface area contributed by atoms with Crippen LogP contribution in [-0.2, 0) is 9.53 Å². The number of hydrogen-bond donors (Lipinski definition) is 0. The second kappa shape index (κ2) is 8.59. The van der Waals surface area contributed by atoms with Crippen LogP contribution in [0.1, 0.15) is 10.4 Å². The number of carbonyl (C=O) groups is 2. The molecule has 2 aromatic carbocycles. The van der Waals surface area contributed by atoms with Crippen LogP contribution in [0.2, 0.25) is 0 Å². The molecule has 0 radical (unpaired) electrons. The van der Waals surface area contributed by atoms with E-state index in [1.807, 2.05) is 18.2 Å². The van der Waals surface area contributed by atoms with Crippen molar-refractivity contribution < 1.29 is 28.2 Å². The summed E-state index contributed by atoms with van der Waals surface area (Å²) in [4.78, 5) is 28.5. The summed E-state index contributed by atoms with van der Waals surface area (Å²) in [6, 6.07) is 12.1. The first-order valence-electron chi connectivity index (χ1n) is 8.00. The lowest BCUT2D eigenvalue weighted by molar-refractivity contribution is -0.139. The van der Waals surface area contributed by atoms with Crippen LogP contribution < -0.4 is 9.47 Å². The van der Waals surface area contributed by atoms with Gasteiger partial charge in [0.25, 0.3) is 5.22 Å². The third-order valence-corrected chi connectivity index (χ3v) is 4.46. The molecule has 0 spiro atoms. The van der Waals surface area contributed by atoms with E-state index in [-0.39, 0.29) is 18.1 Å². The second-order valence-corrected chi connectivity index (χ2v) is 6.31. The number of carbonyl (C=O) groups excluding carboxylic acids is 2. The number of esters is 1. The number of nitrogens with zero attached hydrogens (tertiary/aromatic N) is 1. The summed E-state index contributed by atoms with van der Waals surface area (Å²) in [5.74, 6) is 0.00372. The van der Waals surface area contributed by atoms with Gasteiger partial charge in [0.1, 0.15) is 22.8 Å². The molecule has 0 N–H and O–H groups in total. The van der Waals surface area contributed by atoms with Gasteiger partial charge in [-0.2, -0.15) is 0 Å². The van der Waals surface area contributed by atoms with Crippen LogP contribution in [0.3, 0.4) is 0 Å². The van der Waals surface area contributed by atoms with Gasteiger partial charge >= 0.3 is 5.97 Å². The van der Waals surface area contributed by atoms with Crippen LogP contribution in [0.15, 0.2) is 52.1 Å². The lowest BCUT2D eigenvalue weighted by Crippen LogP contribution is -2.16. The minimum absolute atomic E-state index is 0.0140. The molecule has 3 rings (SSSR count). The molecular formula is C19H17NO6S. The predicted octanol–water partition coefficient (Wildman–Crippen LogP) is 3.36. The molecule has 0 aliphatic heterocycles. The average Bonchev–Trinajstić information content (AvgIpc) is 3.12. The van der Waals surface area contributed by atoms with E-state index in [1.165, 1.54) is 14.2 Å². The molecule has 0 bridgehead atoms. The number of thioether (sulfide) groups is 1. The van der Waals surface area contributed by atoms with Crippen molar-refractivity contribution >= 4 is 34.6 Å². The van der Waals surface area contributed by atoms with Crippen molar-refractivity contribution in [1.29, 1.82) is 0 Å². The number of aromatic nitrogens is 1. The summed E-state index contributed by atoms with van der Waals surface area (Å²) in [6.07, 6.45) is 0. The molecule has 140 valence electrons. The van der Waals surface area contributed by atoms with E-state index < -0.39 is 5.97 Å². The van der Waals surface area contributed by atoms with Gasteiger partial charge < -0.3 is 18.6 Å². The Bertz CT molecular complexity index is 935. The van der Waals surface area contributed by atoms with Crippen molar-refractivity contribution in [1.82, 2.24) is 4.98 Å². The fourth-order valence-electron chi connectivity index (χ4n) is 2.33. The minimum Gasteiger partial charge on any atom is -0.497 e. The first kappa shape index (κ1) is 18.8. The fraction of sp³-hybridized carbons (Fsp3) is 0.211. The number of fused-ring (bicyclic) bond motifs is 1. The molecule has 0 saturated carbocycles. The van der Waals surface area contributed by atoms with Gasteiger partial charge in [-0.25, -0.2) is 4.98 Å². The Labute approximate surface area is 159 Å². The molecule has 0 atom stereocenters. The Hall–Kier alpha value is -3.00. The third-order valence-electron chi connectivity index (χ3n) is 3.66. The van der Waals surface area contributed by atoms with E-state index in [0.717, 1.165) is 17.3 Å². The number of benzene rings is 2. The number of methoxy groups -OCH3 is 2.